The molecule has 4 rings (SSSR count). The lowest BCUT2D eigenvalue weighted by atomic mass is 10.1. The van der Waals surface area contributed by atoms with Crippen LogP contribution in [0.4, 0.5) is 14.5 Å². The number of aryl methyl sites for hydroxylation is 1. The smallest absolute Gasteiger partial charge is 0.285 e. The minimum absolute atomic E-state index is 0.199. The van der Waals surface area contributed by atoms with Crippen LogP contribution in [0.5, 0.6) is 0 Å². The summed E-state index contributed by atoms with van der Waals surface area (Å²) in [6, 6.07) is 11.0. The molecular weight excluding hydrogens is 515 g/mol. The van der Waals surface area contributed by atoms with Crippen molar-refractivity contribution >= 4 is 26.5 Å². The van der Waals surface area contributed by atoms with Crippen LogP contribution in [-0.2, 0) is 18.6 Å². The van der Waals surface area contributed by atoms with E-state index in [9.17, 15) is 13.6 Å². The van der Waals surface area contributed by atoms with E-state index in [1.165, 1.54) is 37.5 Å². The summed E-state index contributed by atoms with van der Waals surface area (Å²) >= 11 is 0. The average molecular weight is 552 g/mol. The Bertz CT molecular complexity index is 1400. The van der Waals surface area contributed by atoms with Gasteiger partial charge in [-0.05, 0) is 56.2 Å². The number of imidazole rings is 1. The fourth-order valence-corrected chi connectivity index (χ4v) is 4.72. The molecule has 1 amide bonds. The number of nitrogens with one attached hydrogen (secondary N) is 1. The molecule has 1 aromatic carbocycles. The van der Waals surface area contributed by atoms with Gasteiger partial charge in [-0.15, -0.1) is 0 Å². The zero-order valence-electron chi connectivity index (χ0n) is 22.8. The first-order chi connectivity index (χ1) is 18.6. The number of piperazine rings is 1. The number of hydrogen-bond donors (Lipinski definition) is 1. The molecule has 1 aliphatic heterocycles. The van der Waals surface area contributed by atoms with Crippen molar-refractivity contribution in [1.29, 1.82) is 0 Å². The molecular formula is C30H36F2N5OP. The van der Waals surface area contributed by atoms with Crippen LogP contribution in [0.2, 0.25) is 0 Å². The summed E-state index contributed by atoms with van der Waals surface area (Å²) < 4.78 is 29.2. The Morgan fingerprint density at radius 1 is 1.13 bits per heavy atom. The van der Waals surface area contributed by atoms with Crippen LogP contribution in [0, 0.1) is 0 Å². The number of rotatable bonds is 9. The van der Waals surface area contributed by atoms with Gasteiger partial charge in [0, 0.05) is 55.9 Å². The highest BCUT2D eigenvalue weighted by Crippen LogP contribution is 2.35. The molecule has 39 heavy (non-hydrogen) atoms. The molecule has 9 heteroatoms. The maximum atomic E-state index is 13.9. The van der Waals surface area contributed by atoms with Gasteiger partial charge in [-0.2, -0.15) is 8.78 Å². The van der Waals surface area contributed by atoms with Crippen LogP contribution in [-0.4, -0.2) is 46.4 Å². The molecule has 1 aliphatic rings. The fourth-order valence-electron chi connectivity index (χ4n) is 4.55. The highest BCUT2D eigenvalue weighted by molar-refractivity contribution is 7.17. The van der Waals surface area contributed by atoms with Crippen molar-refractivity contribution < 1.29 is 13.6 Å². The zero-order valence-corrected chi connectivity index (χ0v) is 23.9. The van der Waals surface area contributed by atoms with Crippen molar-refractivity contribution in [2.75, 3.05) is 31.1 Å². The highest BCUT2D eigenvalue weighted by Gasteiger charge is 2.27. The second-order valence-corrected chi connectivity index (χ2v) is 10.4. The van der Waals surface area contributed by atoms with Gasteiger partial charge in [0.25, 0.3) is 11.6 Å². The van der Waals surface area contributed by atoms with Gasteiger partial charge < -0.3 is 15.1 Å². The number of carbonyl (C=O) groups excluding carboxylic acids is 1. The van der Waals surface area contributed by atoms with E-state index in [0.29, 0.717) is 24.3 Å². The van der Waals surface area contributed by atoms with E-state index in [1.54, 1.807) is 0 Å². The predicted octanol–water partition coefficient (Wildman–Crippen LogP) is 5.91. The van der Waals surface area contributed by atoms with Crippen LogP contribution < -0.4 is 10.2 Å². The summed E-state index contributed by atoms with van der Waals surface area (Å²) in [5.41, 5.74) is 2.36. The number of anilines is 1. The second kappa shape index (κ2) is 12.1. The number of carbonyl (C=O) groups is 1. The van der Waals surface area contributed by atoms with Gasteiger partial charge in [-0.3, -0.25) is 9.20 Å². The number of pyridine rings is 1. The number of halogens is 2. The topological polar surface area (TPSA) is 52.9 Å². The first-order valence-electron chi connectivity index (χ1n) is 13.2. The van der Waals surface area contributed by atoms with Gasteiger partial charge in [-0.25, -0.2) is 4.98 Å². The Kier molecular flexibility index (Phi) is 8.86. The third-order valence-electron chi connectivity index (χ3n) is 7.06. The van der Waals surface area contributed by atoms with E-state index in [4.69, 9.17) is 0 Å². The number of allylic oxidation sites excluding steroid dienone is 4. The summed E-state index contributed by atoms with van der Waals surface area (Å²) in [7, 11) is 1.53. The number of nitrogens with zero attached hydrogens (tertiary/aromatic N) is 4. The van der Waals surface area contributed by atoms with Gasteiger partial charge >= 0.3 is 0 Å². The van der Waals surface area contributed by atoms with Crippen LogP contribution in [0.3, 0.4) is 0 Å². The van der Waals surface area contributed by atoms with Crippen LogP contribution in [0.1, 0.15) is 48.1 Å². The molecule has 3 aromatic rings. The first kappa shape index (κ1) is 28.5. The normalized spacial score (nSPS) is 14.9. The van der Waals surface area contributed by atoms with E-state index in [2.05, 4.69) is 64.0 Å². The molecule has 0 bridgehead atoms. The van der Waals surface area contributed by atoms with E-state index in [1.807, 2.05) is 26.0 Å². The number of aromatic nitrogens is 2. The molecule has 1 N–H and O–H groups in total. The van der Waals surface area contributed by atoms with E-state index >= 15 is 0 Å². The predicted molar refractivity (Wildman–Crippen MR) is 157 cm³/mol. The quantitative estimate of drug-likeness (QED) is 0.266. The first-order valence-corrected chi connectivity index (χ1v) is 13.7. The number of alkyl halides is 2. The molecule has 1 saturated heterocycles. The highest BCUT2D eigenvalue weighted by atomic mass is 31.0. The van der Waals surface area contributed by atoms with Crippen LogP contribution in [0.25, 0.3) is 5.65 Å². The number of benzene rings is 1. The zero-order chi connectivity index (χ0) is 28.2. The molecule has 3 heterocycles. The summed E-state index contributed by atoms with van der Waals surface area (Å²) in [6.07, 6.45) is 8.03. The molecule has 1 fully saturated rings. The Morgan fingerprint density at radius 3 is 2.44 bits per heavy atom. The van der Waals surface area contributed by atoms with Gasteiger partial charge in [-0.1, -0.05) is 52.6 Å². The summed E-state index contributed by atoms with van der Waals surface area (Å²) in [6.45, 7) is 14.1. The van der Waals surface area contributed by atoms with Gasteiger partial charge in [0.2, 0.25) is 0 Å². The van der Waals surface area contributed by atoms with Crippen LogP contribution >= 0.6 is 9.24 Å². The van der Waals surface area contributed by atoms with Gasteiger partial charge in [0.15, 0.2) is 0 Å². The van der Waals surface area contributed by atoms with E-state index in [-0.39, 0.29) is 17.2 Å². The Balaban J connectivity index is 1.37. The lowest BCUT2D eigenvalue weighted by Gasteiger charge is -2.37. The molecule has 1 atom stereocenters. The van der Waals surface area contributed by atoms with Crippen molar-refractivity contribution in [3.63, 3.8) is 0 Å². The molecule has 0 aliphatic carbocycles. The molecule has 6 nitrogen and oxygen atoms in total. The number of amides is 1. The largest absolute Gasteiger partial charge is 0.368 e. The Morgan fingerprint density at radius 2 is 1.82 bits per heavy atom. The molecule has 0 spiro atoms. The summed E-state index contributed by atoms with van der Waals surface area (Å²) in [4.78, 5) is 22.2. The molecule has 0 saturated carbocycles. The van der Waals surface area contributed by atoms with Crippen molar-refractivity contribution in [1.82, 2.24) is 19.6 Å². The monoisotopic (exact) mass is 551 g/mol. The third kappa shape index (κ3) is 6.74. The Labute approximate surface area is 231 Å². The van der Waals surface area contributed by atoms with E-state index < -0.39 is 5.66 Å². The number of fused-ring (bicyclic) bond motifs is 1. The average Bonchev–Trinajstić information content (AvgIpc) is 3.32. The summed E-state index contributed by atoms with van der Waals surface area (Å²) in [5, 5.41) is 2.93. The van der Waals surface area contributed by atoms with Gasteiger partial charge in [0.05, 0.1) is 5.69 Å². The molecule has 1 unspecified atom stereocenters. The maximum absolute atomic E-state index is 13.9. The Hall–Kier alpha value is -3.51. The SMILES string of the molecule is C=C(/C=C\C(C)=C/C)N1CCN(c2ccc(CNC(=O)c3c(CC)nc4ccc(C(F)(F)P)cn34)cc2)CC1. The fraction of sp³-hybridized carbons (Fsp3) is 0.333. The van der Waals surface area contributed by atoms with Crippen molar-refractivity contribution in [3.8, 4) is 0 Å². The minimum atomic E-state index is -3.09. The standard InChI is InChI=1S/C30H36F2N5OP/c1-5-21(3)7-8-22(4)35-15-17-36(18-16-35)25-12-9-23(10-13-25)19-33-29(38)28-26(6-2)34-27-14-11-24(20-37(27)28)30(31,32)39/h5,7-14,20H,4,6,15-19,39H2,1-3H3,(H,33,38)/b8-7-,21-5-. The lowest BCUT2D eigenvalue weighted by molar-refractivity contribution is 0.0940. The van der Waals surface area contributed by atoms with E-state index in [0.717, 1.165) is 43.1 Å². The van der Waals surface area contributed by atoms with Crippen molar-refractivity contribution in [3.05, 3.63) is 101 Å². The van der Waals surface area contributed by atoms with Crippen LogP contribution in [0.15, 0.2) is 78.7 Å². The molecule has 2 aromatic heterocycles. The maximum Gasteiger partial charge on any atom is 0.285 e. The van der Waals surface area contributed by atoms with Gasteiger partial charge in [0.1, 0.15) is 11.3 Å². The third-order valence-corrected chi connectivity index (χ3v) is 7.39. The lowest BCUT2D eigenvalue weighted by Crippen LogP contribution is -2.45. The number of hydrogen-bond acceptors (Lipinski definition) is 4. The van der Waals surface area contributed by atoms with Crippen molar-refractivity contribution in [2.45, 2.75) is 39.4 Å². The second-order valence-electron chi connectivity index (χ2n) is 9.71. The molecule has 0 radical (unpaired) electrons. The van der Waals surface area contributed by atoms with Crippen molar-refractivity contribution in [2.24, 2.45) is 0 Å². The summed E-state index contributed by atoms with van der Waals surface area (Å²) in [5.74, 6) is -0.345. The minimum Gasteiger partial charge on any atom is -0.368 e. The molecule has 206 valence electrons.